The van der Waals surface area contributed by atoms with E-state index in [4.69, 9.17) is 0 Å². The largest absolute Gasteiger partial charge is 0.387 e. The number of anilines is 1. The van der Waals surface area contributed by atoms with Crippen molar-refractivity contribution < 1.29 is 14.7 Å². The lowest BCUT2D eigenvalue weighted by Gasteiger charge is -2.11. The molecule has 0 aliphatic heterocycles. The van der Waals surface area contributed by atoms with Gasteiger partial charge in [0.05, 0.1) is 6.10 Å². The van der Waals surface area contributed by atoms with E-state index in [2.05, 4.69) is 10.6 Å². The van der Waals surface area contributed by atoms with Gasteiger partial charge < -0.3 is 15.7 Å². The summed E-state index contributed by atoms with van der Waals surface area (Å²) in [6.45, 7) is -0.0154. The molecule has 3 N–H and O–H groups in total. The first-order valence-electron chi connectivity index (χ1n) is 7.42. The maximum Gasteiger partial charge on any atom is 0.313 e. The van der Waals surface area contributed by atoms with Gasteiger partial charge in [0.25, 0.3) is 0 Å². The fourth-order valence-electron chi connectivity index (χ4n) is 2.37. The lowest BCUT2D eigenvalue weighted by molar-refractivity contribution is -0.136. The van der Waals surface area contributed by atoms with Gasteiger partial charge in [0.2, 0.25) is 0 Å². The van der Waals surface area contributed by atoms with Crippen molar-refractivity contribution in [2.24, 2.45) is 0 Å². The third kappa shape index (κ3) is 3.61. The minimum absolute atomic E-state index is 0.0154. The molecule has 5 nitrogen and oxygen atoms in total. The molecule has 122 valence electrons. The molecule has 24 heavy (non-hydrogen) atoms. The Morgan fingerprint density at radius 1 is 1.04 bits per heavy atom. The van der Waals surface area contributed by atoms with Crippen molar-refractivity contribution in [2.75, 3.05) is 11.9 Å². The molecule has 0 spiro atoms. The average molecular weight is 340 g/mol. The van der Waals surface area contributed by atoms with Gasteiger partial charge in [-0.25, -0.2) is 0 Å². The summed E-state index contributed by atoms with van der Waals surface area (Å²) in [5, 5.41) is 20.5. The van der Waals surface area contributed by atoms with Crippen LogP contribution in [0.4, 0.5) is 5.69 Å². The van der Waals surface area contributed by atoms with Gasteiger partial charge in [-0.2, -0.15) is 11.3 Å². The van der Waals surface area contributed by atoms with Crippen LogP contribution in [-0.2, 0) is 9.59 Å². The lowest BCUT2D eigenvalue weighted by atomic mass is 10.1. The SMILES string of the molecule is O=C(NCC(O)c1ccsc1)C(=O)Nc1cccc2ccccc12. The van der Waals surface area contributed by atoms with E-state index in [-0.39, 0.29) is 6.54 Å². The van der Waals surface area contributed by atoms with Crippen molar-refractivity contribution in [1.29, 1.82) is 0 Å². The van der Waals surface area contributed by atoms with Gasteiger partial charge in [0.15, 0.2) is 0 Å². The summed E-state index contributed by atoms with van der Waals surface area (Å²) in [5.41, 5.74) is 1.29. The number of carbonyl (C=O) groups excluding carboxylic acids is 2. The molecule has 0 radical (unpaired) electrons. The first-order valence-corrected chi connectivity index (χ1v) is 8.36. The Kier molecular flexibility index (Phi) is 4.88. The Hall–Kier alpha value is -2.70. The second kappa shape index (κ2) is 7.25. The predicted octanol–water partition coefficient (Wildman–Crippen LogP) is 2.69. The molecule has 6 heteroatoms. The van der Waals surface area contributed by atoms with Gasteiger partial charge in [-0.15, -0.1) is 0 Å². The van der Waals surface area contributed by atoms with Crippen molar-refractivity contribution >= 4 is 39.6 Å². The molecular formula is C18H16N2O3S. The second-order valence-electron chi connectivity index (χ2n) is 5.26. The zero-order valence-corrected chi connectivity index (χ0v) is 13.5. The first-order chi connectivity index (χ1) is 11.6. The second-order valence-corrected chi connectivity index (χ2v) is 6.04. The molecule has 0 bridgehead atoms. The van der Waals surface area contributed by atoms with Crippen LogP contribution in [0.5, 0.6) is 0 Å². The van der Waals surface area contributed by atoms with Gasteiger partial charge in [-0.05, 0) is 33.8 Å². The quantitative estimate of drug-likeness (QED) is 0.639. The number of hydrogen-bond donors (Lipinski definition) is 3. The number of hydrogen-bond acceptors (Lipinski definition) is 4. The van der Waals surface area contributed by atoms with Crippen molar-refractivity contribution in [1.82, 2.24) is 5.32 Å². The van der Waals surface area contributed by atoms with Crippen LogP contribution in [-0.4, -0.2) is 23.5 Å². The number of nitrogens with one attached hydrogen (secondary N) is 2. The number of carbonyl (C=O) groups is 2. The minimum atomic E-state index is -0.828. The van der Waals surface area contributed by atoms with Crippen molar-refractivity contribution in [3.8, 4) is 0 Å². The van der Waals surface area contributed by atoms with Gasteiger partial charge in [-0.3, -0.25) is 9.59 Å². The van der Waals surface area contributed by atoms with Crippen molar-refractivity contribution in [3.05, 3.63) is 64.9 Å². The summed E-state index contributed by atoms with van der Waals surface area (Å²) in [6.07, 6.45) is -0.828. The van der Waals surface area contributed by atoms with Gasteiger partial charge in [-0.1, -0.05) is 36.4 Å². The van der Waals surface area contributed by atoms with Crippen molar-refractivity contribution in [3.63, 3.8) is 0 Å². The first kappa shape index (κ1) is 16.2. The highest BCUT2D eigenvalue weighted by Gasteiger charge is 2.17. The number of fused-ring (bicyclic) bond motifs is 1. The number of thiophene rings is 1. The van der Waals surface area contributed by atoms with Gasteiger partial charge >= 0.3 is 11.8 Å². The Morgan fingerprint density at radius 3 is 2.62 bits per heavy atom. The van der Waals surface area contributed by atoms with E-state index in [0.29, 0.717) is 5.69 Å². The van der Waals surface area contributed by atoms with Crippen LogP contribution in [0.3, 0.4) is 0 Å². The van der Waals surface area contributed by atoms with Gasteiger partial charge in [0.1, 0.15) is 0 Å². The molecule has 3 rings (SSSR count). The van der Waals surface area contributed by atoms with Crippen LogP contribution in [0.15, 0.2) is 59.3 Å². The molecule has 3 aromatic rings. The van der Waals surface area contributed by atoms with Gasteiger partial charge in [0, 0.05) is 17.6 Å². The third-order valence-electron chi connectivity index (χ3n) is 3.63. The van der Waals surface area contributed by atoms with Crippen LogP contribution in [0, 0.1) is 0 Å². The van der Waals surface area contributed by atoms with Crippen LogP contribution >= 0.6 is 11.3 Å². The zero-order chi connectivity index (χ0) is 16.9. The Labute approximate surface area is 142 Å². The molecule has 0 aliphatic carbocycles. The highest BCUT2D eigenvalue weighted by molar-refractivity contribution is 7.07. The van der Waals surface area contributed by atoms with Crippen molar-refractivity contribution in [2.45, 2.75) is 6.10 Å². The lowest BCUT2D eigenvalue weighted by Crippen LogP contribution is -2.37. The molecule has 0 saturated heterocycles. The summed E-state index contributed by atoms with van der Waals surface area (Å²) >= 11 is 1.46. The molecule has 2 aromatic carbocycles. The van der Waals surface area contributed by atoms with E-state index in [1.807, 2.05) is 41.8 Å². The molecule has 1 atom stereocenters. The van der Waals surface area contributed by atoms with E-state index in [1.54, 1.807) is 17.5 Å². The van der Waals surface area contributed by atoms with Crippen LogP contribution in [0.1, 0.15) is 11.7 Å². The third-order valence-corrected chi connectivity index (χ3v) is 4.33. The highest BCUT2D eigenvalue weighted by Crippen LogP contribution is 2.22. The Morgan fingerprint density at radius 2 is 1.83 bits per heavy atom. The smallest absolute Gasteiger partial charge is 0.313 e. The minimum Gasteiger partial charge on any atom is -0.387 e. The van der Waals surface area contributed by atoms with E-state index in [0.717, 1.165) is 16.3 Å². The maximum absolute atomic E-state index is 12.1. The van der Waals surface area contributed by atoms with E-state index in [1.165, 1.54) is 11.3 Å². The molecule has 0 fully saturated rings. The number of aliphatic hydroxyl groups excluding tert-OH is 1. The summed E-state index contributed by atoms with van der Waals surface area (Å²) in [5.74, 6) is -1.54. The normalized spacial score (nSPS) is 11.9. The average Bonchev–Trinajstić information content (AvgIpc) is 3.14. The van der Waals surface area contributed by atoms with E-state index in [9.17, 15) is 14.7 Å². The summed E-state index contributed by atoms with van der Waals surface area (Å²) < 4.78 is 0. The maximum atomic E-state index is 12.1. The molecule has 1 unspecified atom stereocenters. The van der Waals surface area contributed by atoms with Crippen LogP contribution < -0.4 is 10.6 Å². The molecule has 1 aromatic heterocycles. The topological polar surface area (TPSA) is 78.4 Å². The summed E-state index contributed by atoms with van der Waals surface area (Å²) in [6, 6.07) is 14.9. The fraction of sp³-hybridized carbons (Fsp3) is 0.111. The Bertz CT molecular complexity index is 856. The summed E-state index contributed by atoms with van der Waals surface area (Å²) in [7, 11) is 0. The van der Waals surface area contributed by atoms with E-state index < -0.39 is 17.9 Å². The molecule has 0 saturated carbocycles. The predicted molar refractivity (Wildman–Crippen MR) is 94.9 cm³/mol. The Balaban J connectivity index is 1.62. The number of aliphatic hydroxyl groups is 1. The monoisotopic (exact) mass is 340 g/mol. The fourth-order valence-corrected chi connectivity index (χ4v) is 3.07. The van der Waals surface area contributed by atoms with Crippen LogP contribution in [0.25, 0.3) is 10.8 Å². The van der Waals surface area contributed by atoms with Crippen LogP contribution in [0.2, 0.25) is 0 Å². The number of rotatable bonds is 4. The zero-order valence-electron chi connectivity index (χ0n) is 12.7. The standard InChI is InChI=1S/C18H16N2O3S/c21-16(13-8-9-24-11-13)10-19-17(22)18(23)20-15-7-3-5-12-4-1-2-6-14(12)15/h1-9,11,16,21H,10H2,(H,19,22)(H,20,23). The molecule has 0 aliphatic rings. The summed E-state index contributed by atoms with van der Waals surface area (Å²) in [4.78, 5) is 24.0. The number of amides is 2. The molecular weight excluding hydrogens is 324 g/mol. The van der Waals surface area contributed by atoms with E-state index >= 15 is 0 Å². The molecule has 1 heterocycles. The molecule has 2 amide bonds. The number of benzene rings is 2. The highest BCUT2D eigenvalue weighted by atomic mass is 32.1.